The largest absolute Gasteiger partial charge is 0.473 e. The number of benzene rings is 4. The monoisotopic (exact) mass is 536 g/mol. The lowest BCUT2D eigenvalue weighted by Crippen LogP contribution is -2.61. The smallest absolute Gasteiger partial charge is 0.297 e. The van der Waals surface area contributed by atoms with Crippen molar-refractivity contribution in [1.29, 1.82) is 0 Å². The number of hydrogen-bond acceptors (Lipinski definition) is 3. The summed E-state index contributed by atoms with van der Waals surface area (Å²) in [6, 6.07) is 35.8. The number of furan rings is 1. The van der Waals surface area contributed by atoms with E-state index in [-0.39, 0.29) is 6.71 Å². The molecule has 5 heteroatoms. The maximum atomic E-state index is 6.97. The molecule has 3 heterocycles. The topological polar surface area (TPSA) is 19.6 Å². The fourth-order valence-corrected chi connectivity index (χ4v) is 8.19. The van der Waals surface area contributed by atoms with Gasteiger partial charge in [0.05, 0.1) is 19.4 Å². The minimum absolute atomic E-state index is 0.0670. The van der Waals surface area contributed by atoms with Gasteiger partial charge in [-0.25, -0.2) is 0 Å². The van der Waals surface area contributed by atoms with E-state index < -0.39 is 8.07 Å². The summed E-state index contributed by atoms with van der Waals surface area (Å²) in [5, 5.41) is 1.47. The lowest BCUT2D eigenvalue weighted by molar-refractivity contribution is 0.497. The molecule has 0 unspecified atom stereocenters. The maximum absolute atomic E-state index is 6.97. The van der Waals surface area contributed by atoms with Gasteiger partial charge in [-0.05, 0) is 72.7 Å². The Morgan fingerprint density at radius 3 is 1.98 bits per heavy atom. The third-order valence-corrected chi connectivity index (χ3v) is 11.0. The van der Waals surface area contributed by atoms with Gasteiger partial charge >= 0.3 is 0 Å². The van der Waals surface area contributed by atoms with E-state index in [9.17, 15) is 0 Å². The number of rotatable bonds is 3. The van der Waals surface area contributed by atoms with Gasteiger partial charge in [0.1, 0.15) is 5.76 Å². The van der Waals surface area contributed by atoms with Crippen LogP contribution in [0.25, 0.3) is 0 Å². The first-order chi connectivity index (χ1) is 19.5. The highest BCUT2D eigenvalue weighted by Gasteiger charge is 2.47. The Morgan fingerprint density at radius 2 is 1.27 bits per heavy atom. The minimum atomic E-state index is -1.67. The van der Waals surface area contributed by atoms with Crippen molar-refractivity contribution in [2.24, 2.45) is 0 Å². The van der Waals surface area contributed by atoms with E-state index in [2.05, 4.69) is 127 Å². The van der Waals surface area contributed by atoms with Gasteiger partial charge < -0.3 is 14.2 Å². The first-order valence-corrected chi connectivity index (χ1v) is 18.1. The van der Waals surface area contributed by atoms with Gasteiger partial charge in [-0.2, -0.15) is 0 Å². The summed E-state index contributed by atoms with van der Waals surface area (Å²) < 4.78 is 6.97. The van der Waals surface area contributed by atoms with Crippen molar-refractivity contribution >= 4 is 70.7 Å². The Bertz CT molecular complexity index is 1760. The van der Waals surface area contributed by atoms with Gasteiger partial charge in [-0.15, -0.1) is 0 Å². The van der Waals surface area contributed by atoms with Crippen molar-refractivity contribution in [2.45, 2.75) is 45.3 Å². The van der Waals surface area contributed by atoms with Crippen molar-refractivity contribution in [3.05, 3.63) is 108 Å². The highest BCUT2D eigenvalue weighted by molar-refractivity contribution is 7.00. The molecule has 0 fully saturated rings. The van der Waals surface area contributed by atoms with Crippen LogP contribution in [0.2, 0.25) is 19.6 Å². The molecular formula is C35H33BN2OSi. The van der Waals surface area contributed by atoms with Crippen molar-refractivity contribution in [3.8, 4) is 0 Å². The van der Waals surface area contributed by atoms with Gasteiger partial charge in [-0.1, -0.05) is 79.4 Å². The molecule has 0 atom stereocenters. The van der Waals surface area contributed by atoms with Crippen LogP contribution in [0, 0.1) is 0 Å². The summed E-state index contributed by atoms with van der Waals surface area (Å²) in [4.78, 5) is 5.03. The molecule has 0 N–H and O–H groups in total. The molecule has 40 heavy (non-hydrogen) atoms. The molecule has 0 amide bonds. The molecule has 0 saturated carbocycles. The molecule has 8 rings (SSSR count). The molecule has 0 radical (unpaired) electrons. The van der Waals surface area contributed by atoms with Crippen LogP contribution in [0.1, 0.15) is 24.2 Å². The predicted octanol–water partition coefficient (Wildman–Crippen LogP) is 6.79. The molecule has 1 aromatic heterocycles. The van der Waals surface area contributed by atoms with Gasteiger partial charge in [0.25, 0.3) is 6.71 Å². The van der Waals surface area contributed by atoms with Crippen molar-refractivity contribution in [1.82, 2.24) is 0 Å². The molecule has 0 spiro atoms. The van der Waals surface area contributed by atoms with E-state index in [0.29, 0.717) is 0 Å². The van der Waals surface area contributed by atoms with Crippen LogP contribution >= 0.6 is 0 Å². The third-order valence-electron chi connectivity index (χ3n) is 8.95. The average molecular weight is 537 g/mol. The zero-order chi connectivity index (χ0) is 27.0. The number of anilines is 6. The number of aryl methyl sites for hydroxylation is 1. The second-order valence-corrected chi connectivity index (χ2v) is 17.5. The third kappa shape index (κ3) is 3.43. The second kappa shape index (κ2) is 8.77. The molecule has 196 valence electrons. The Hall–Kier alpha value is -3.96. The van der Waals surface area contributed by atoms with Gasteiger partial charge in [0.2, 0.25) is 0 Å². The number of fused-ring (bicyclic) bond motifs is 6. The first-order valence-electron chi connectivity index (χ1n) is 14.6. The summed E-state index contributed by atoms with van der Waals surface area (Å²) in [6.07, 6.45) is 4.53. The zero-order valence-corrected chi connectivity index (χ0v) is 24.4. The quantitative estimate of drug-likeness (QED) is 0.232. The normalized spacial score (nSPS) is 15.3. The highest BCUT2D eigenvalue weighted by Crippen LogP contribution is 2.46. The van der Waals surface area contributed by atoms with Crippen LogP contribution < -0.4 is 31.6 Å². The van der Waals surface area contributed by atoms with Crippen LogP contribution in [0.15, 0.2) is 101 Å². The Labute approximate surface area is 238 Å². The average Bonchev–Trinajstić information content (AvgIpc) is 3.36. The molecule has 1 aliphatic carbocycles. The maximum Gasteiger partial charge on any atom is 0.297 e. The summed E-state index contributed by atoms with van der Waals surface area (Å²) in [5.74, 6) is 1.19. The number of nitrogens with zero attached hydrogens (tertiary/aromatic N) is 2. The molecular weight excluding hydrogens is 503 g/mol. The Morgan fingerprint density at radius 1 is 0.675 bits per heavy atom. The van der Waals surface area contributed by atoms with E-state index in [4.69, 9.17) is 4.42 Å². The lowest BCUT2D eigenvalue weighted by Gasteiger charge is -2.43. The lowest BCUT2D eigenvalue weighted by atomic mass is 9.35. The Balaban J connectivity index is 1.52. The summed E-state index contributed by atoms with van der Waals surface area (Å²) in [6.45, 7) is 7.45. The van der Waals surface area contributed by atoms with E-state index >= 15 is 0 Å². The molecule has 4 aromatic carbocycles. The fraction of sp³-hybridized carbons (Fsp3) is 0.200. The van der Waals surface area contributed by atoms with Gasteiger partial charge in [0.15, 0.2) is 0 Å². The van der Waals surface area contributed by atoms with Gasteiger partial charge in [0, 0.05) is 40.4 Å². The van der Waals surface area contributed by atoms with E-state index in [1.54, 1.807) is 0 Å². The van der Waals surface area contributed by atoms with E-state index in [1.165, 1.54) is 74.4 Å². The van der Waals surface area contributed by atoms with Crippen LogP contribution in [-0.2, 0) is 12.8 Å². The summed E-state index contributed by atoms with van der Waals surface area (Å²) >= 11 is 0. The summed E-state index contributed by atoms with van der Waals surface area (Å²) in [5.41, 5.74) is 12.7. The fourth-order valence-electron chi connectivity index (χ4n) is 7.05. The van der Waals surface area contributed by atoms with Crippen LogP contribution in [0.4, 0.5) is 34.1 Å². The summed E-state index contributed by atoms with van der Waals surface area (Å²) in [7, 11) is -1.67. The van der Waals surface area contributed by atoms with E-state index in [1.807, 2.05) is 0 Å². The number of hydrogen-bond donors (Lipinski definition) is 0. The molecule has 5 aromatic rings. The van der Waals surface area contributed by atoms with Crippen molar-refractivity contribution in [2.75, 3.05) is 9.80 Å². The number of para-hydroxylation sites is 3. The van der Waals surface area contributed by atoms with Crippen molar-refractivity contribution in [3.63, 3.8) is 0 Å². The zero-order valence-electron chi connectivity index (χ0n) is 23.4. The van der Waals surface area contributed by atoms with Crippen molar-refractivity contribution < 1.29 is 4.42 Å². The van der Waals surface area contributed by atoms with E-state index in [0.717, 1.165) is 18.5 Å². The SMILES string of the molecule is C[Si](C)(C)c1cc2c3c(c1)N(c1ccccc1)c1c(oc4c1CCCC4)B3c1ccccc1N2c1ccccc1. The second-order valence-electron chi connectivity index (χ2n) is 12.4. The molecule has 2 aliphatic heterocycles. The predicted molar refractivity (Wildman–Crippen MR) is 172 cm³/mol. The molecule has 3 aliphatic rings. The standard InChI is InChI=1S/C35H33BN2OSi/c1-40(2,3)26-22-30-33-31(23-26)38(25-16-8-5-9-17-25)34-27-18-10-13-21-32(27)39-35(34)36(33)28-19-11-12-20-29(28)37(30)24-14-6-4-7-15-24/h4-9,11-12,14-17,19-20,22-23H,10,13,18,21H2,1-3H3. The van der Waals surface area contributed by atoms with Crippen LogP contribution in [-0.4, -0.2) is 14.8 Å². The molecule has 3 nitrogen and oxygen atoms in total. The molecule has 0 bridgehead atoms. The molecule has 0 saturated heterocycles. The first kappa shape index (κ1) is 23.9. The Kier molecular flexibility index (Phi) is 5.24. The van der Waals surface area contributed by atoms with Crippen LogP contribution in [0.5, 0.6) is 0 Å². The van der Waals surface area contributed by atoms with Gasteiger partial charge in [-0.3, -0.25) is 0 Å². The highest BCUT2D eigenvalue weighted by atomic mass is 28.3. The van der Waals surface area contributed by atoms with Crippen LogP contribution in [0.3, 0.4) is 0 Å². The minimum Gasteiger partial charge on any atom is -0.473 e.